The van der Waals surface area contributed by atoms with Gasteiger partial charge in [0.15, 0.2) is 5.69 Å². The Morgan fingerprint density at radius 3 is 2.60 bits per heavy atom. The Morgan fingerprint density at radius 1 is 1.28 bits per heavy atom. The van der Waals surface area contributed by atoms with E-state index < -0.39 is 21.7 Å². The summed E-state index contributed by atoms with van der Waals surface area (Å²) in [6, 6.07) is 4.62. The third-order valence-electron chi connectivity index (χ3n) is 3.87. The van der Waals surface area contributed by atoms with Crippen LogP contribution in [0.3, 0.4) is 0 Å². The minimum atomic E-state index is -4.16. The molecule has 1 aromatic carbocycles. The van der Waals surface area contributed by atoms with Crippen molar-refractivity contribution in [2.24, 2.45) is 0 Å². The first-order valence-electron chi connectivity index (χ1n) is 7.56. The number of nitrogens with one attached hydrogen (secondary N) is 1. The number of benzene rings is 1. The number of nitrogens with zero attached hydrogens (tertiary/aromatic N) is 2. The summed E-state index contributed by atoms with van der Waals surface area (Å²) in [6.45, 7) is 1.43. The summed E-state index contributed by atoms with van der Waals surface area (Å²) in [7, 11) is -2.71. The van der Waals surface area contributed by atoms with E-state index in [0.29, 0.717) is 11.4 Å². The van der Waals surface area contributed by atoms with Crippen LogP contribution >= 0.6 is 0 Å². The maximum atomic E-state index is 13.3. The Bertz CT molecular complexity index is 942. The molecule has 3 rings (SSSR count). The number of ether oxygens (including phenoxy) is 1. The molecule has 0 aliphatic heterocycles. The number of aryl methyl sites for hydroxylation is 1. The number of hydrogen-bond donors (Lipinski definition) is 1. The van der Waals surface area contributed by atoms with Gasteiger partial charge >= 0.3 is 0 Å². The van der Waals surface area contributed by atoms with Crippen LogP contribution < -0.4 is 9.46 Å². The molecule has 1 aromatic heterocycles. The van der Waals surface area contributed by atoms with Gasteiger partial charge in [0.05, 0.1) is 12.0 Å². The lowest BCUT2D eigenvalue weighted by atomic mass is 10.2. The Hall–Kier alpha value is -2.55. The second kappa shape index (κ2) is 6.40. The minimum Gasteiger partial charge on any atom is -0.495 e. The summed E-state index contributed by atoms with van der Waals surface area (Å²) < 4.78 is 45.0. The van der Waals surface area contributed by atoms with Gasteiger partial charge in [-0.15, -0.1) is 5.10 Å². The van der Waals surface area contributed by atoms with Crippen molar-refractivity contribution in [2.45, 2.75) is 30.6 Å². The minimum absolute atomic E-state index is 0.158. The molecule has 9 heteroatoms. The fourth-order valence-corrected chi connectivity index (χ4v) is 3.36. The van der Waals surface area contributed by atoms with Gasteiger partial charge in [0.2, 0.25) is 0 Å². The molecule has 0 unspecified atom stereocenters. The van der Waals surface area contributed by atoms with Crippen LogP contribution in [-0.2, 0) is 10.0 Å². The zero-order valence-electron chi connectivity index (χ0n) is 13.6. The Morgan fingerprint density at radius 2 is 2.00 bits per heavy atom. The number of sulfonamides is 1. The molecule has 1 saturated carbocycles. The van der Waals surface area contributed by atoms with E-state index in [-0.39, 0.29) is 22.1 Å². The largest absolute Gasteiger partial charge is 0.495 e. The third-order valence-corrected chi connectivity index (χ3v) is 5.20. The summed E-state index contributed by atoms with van der Waals surface area (Å²) in [5, 5.41) is 7.77. The third kappa shape index (κ3) is 3.60. The van der Waals surface area contributed by atoms with Gasteiger partial charge in [-0.25, -0.2) is 17.5 Å². The predicted molar refractivity (Wildman–Crippen MR) is 86.3 cm³/mol. The van der Waals surface area contributed by atoms with Gasteiger partial charge in [-0.05, 0) is 43.5 Å². The standard InChI is InChI=1S/C16H16FN3O4S/c1-9-7-11(5-6-12(9)17)25(22,23)20-16(21)13-8-14(24-2)15(19-18-13)10-3-4-10/h5-8,10H,3-4H2,1-2H3,(H,20,21). The van der Waals surface area contributed by atoms with Gasteiger partial charge in [-0.3, -0.25) is 4.79 Å². The summed E-state index contributed by atoms with van der Waals surface area (Å²) in [5.74, 6) is -0.796. The molecule has 0 spiro atoms. The van der Waals surface area contributed by atoms with Crippen molar-refractivity contribution in [3.8, 4) is 5.75 Å². The normalized spacial score (nSPS) is 14.2. The molecule has 0 radical (unpaired) electrons. The van der Waals surface area contributed by atoms with Crippen molar-refractivity contribution in [1.82, 2.24) is 14.9 Å². The van der Waals surface area contributed by atoms with Crippen molar-refractivity contribution < 1.29 is 22.3 Å². The van der Waals surface area contributed by atoms with E-state index in [1.54, 1.807) is 0 Å². The molecule has 0 saturated heterocycles. The van der Waals surface area contributed by atoms with Crippen molar-refractivity contribution in [2.75, 3.05) is 7.11 Å². The van der Waals surface area contributed by atoms with Crippen LogP contribution in [0.5, 0.6) is 5.75 Å². The van der Waals surface area contributed by atoms with Crippen LogP contribution in [0, 0.1) is 12.7 Å². The summed E-state index contributed by atoms with van der Waals surface area (Å²) in [4.78, 5) is 12.0. The highest BCUT2D eigenvalue weighted by Gasteiger charge is 2.30. The van der Waals surface area contributed by atoms with E-state index in [1.807, 2.05) is 4.72 Å². The maximum absolute atomic E-state index is 13.3. The van der Waals surface area contributed by atoms with Crippen LogP contribution in [0.15, 0.2) is 29.2 Å². The highest BCUT2D eigenvalue weighted by Crippen LogP contribution is 2.42. The van der Waals surface area contributed by atoms with Gasteiger partial charge in [-0.2, -0.15) is 5.10 Å². The molecule has 0 bridgehead atoms. The molecule has 1 aliphatic rings. The molecule has 7 nitrogen and oxygen atoms in total. The quantitative estimate of drug-likeness (QED) is 0.869. The lowest BCUT2D eigenvalue weighted by Gasteiger charge is -2.09. The molecular formula is C16H16FN3O4S. The monoisotopic (exact) mass is 365 g/mol. The second-order valence-electron chi connectivity index (χ2n) is 5.80. The zero-order chi connectivity index (χ0) is 18.2. The smallest absolute Gasteiger partial charge is 0.285 e. The first kappa shape index (κ1) is 17.3. The molecule has 132 valence electrons. The number of aromatic nitrogens is 2. The molecule has 25 heavy (non-hydrogen) atoms. The van der Waals surface area contributed by atoms with Crippen LogP contribution in [0.4, 0.5) is 4.39 Å². The van der Waals surface area contributed by atoms with Gasteiger partial charge in [0.25, 0.3) is 15.9 Å². The zero-order valence-corrected chi connectivity index (χ0v) is 14.4. The van der Waals surface area contributed by atoms with Crippen molar-refractivity contribution >= 4 is 15.9 Å². The fourth-order valence-electron chi connectivity index (χ4n) is 2.32. The lowest BCUT2D eigenvalue weighted by molar-refractivity contribution is 0.0975. The molecule has 1 heterocycles. The molecule has 0 atom stereocenters. The number of carbonyl (C=O) groups excluding carboxylic acids is 1. The maximum Gasteiger partial charge on any atom is 0.285 e. The first-order chi connectivity index (χ1) is 11.8. The van der Waals surface area contributed by atoms with Gasteiger partial charge in [0.1, 0.15) is 17.3 Å². The van der Waals surface area contributed by atoms with E-state index >= 15 is 0 Å². The molecular weight excluding hydrogens is 349 g/mol. The Balaban J connectivity index is 1.84. The number of carbonyl (C=O) groups is 1. The molecule has 1 amide bonds. The van der Waals surface area contributed by atoms with Crippen LogP contribution in [0.2, 0.25) is 0 Å². The summed E-state index contributed by atoms with van der Waals surface area (Å²) in [6.07, 6.45) is 1.96. The van der Waals surface area contributed by atoms with Crippen LogP contribution in [0.25, 0.3) is 0 Å². The average Bonchev–Trinajstić information content (AvgIpc) is 3.41. The average molecular weight is 365 g/mol. The predicted octanol–water partition coefficient (Wildman–Crippen LogP) is 1.93. The SMILES string of the molecule is COc1cc(C(=O)NS(=O)(=O)c2ccc(F)c(C)c2)nnc1C1CC1. The second-order valence-corrected chi connectivity index (χ2v) is 7.49. The van der Waals surface area contributed by atoms with Crippen LogP contribution in [0.1, 0.15) is 40.5 Å². The van der Waals surface area contributed by atoms with E-state index in [4.69, 9.17) is 4.74 Å². The fraction of sp³-hybridized carbons (Fsp3) is 0.312. The van der Waals surface area contributed by atoms with E-state index in [0.717, 1.165) is 31.0 Å². The number of halogens is 1. The van der Waals surface area contributed by atoms with Gasteiger partial charge in [-0.1, -0.05) is 0 Å². The van der Waals surface area contributed by atoms with Crippen LogP contribution in [-0.4, -0.2) is 31.6 Å². The molecule has 1 N–H and O–H groups in total. The Labute approximate surface area is 144 Å². The number of methoxy groups -OCH3 is 1. The highest BCUT2D eigenvalue weighted by atomic mass is 32.2. The van der Waals surface area contributed by atoms with Gasteiger partial charge in [0, 0.05) is 12.0 Å². The number of amides is 1. The van der Waals surface area contributed by atoms with E-state index in [1.165, 1.54) is 20.1 Å². The van der Waals surface area contributed by atoms with E-state index in [2.05, 4.69) is 10.2 Å². The number of hydrogen-bond acceptors (Lipinski definition) is 6. The lowest BCUT2D eigenvalue weighted by Crippen LogP contribution is -2.31. The Kier molecular flexibility index (Phi) is 4.42. The highest BCUT2D eigenvalue weighted by molar-refractivity contribution is 7.90. The van der Waals surface area contributed by atoms with Crippen molar-refractivity contribution in [3.63, 3.8) is 0 Å². The first-order valence-corrected chi connectivity index (χ1v) is 9.05. The topological polar surface area (TPSA) is 98.2 Å². The molecule has 1 aliphatic carbocycles. The molecule has 1 fully saturated rings. The van der Waals surface area contributed by atoms with Gasteiger partial charge < -0.3 is 4.74 Å². The van der Waals surface area contributed by atoms with Crippen molar-refractivity contribution in [1.29, 1.82) is 0 Å². The number of rotatable bonds is 5. The molecule has 2 aromatic rings. The van der Waals surface area contributed by atoms with Crippen molar-refractivity contribution in [3.05, 3.63) is 47.0 Å². The summed E-state index contributed by atoms with van der Waals surface area (Å²) in [5.41, 5.74) is 0.644. The van der Waals surface area contributed by atoms with E-state index in [9.17, 15) is 17.6 Å². The summed E-state index contributed by atoms with van der Waals surface area (Å²) >= 11 is 0.